The standard InChI is InChI=1S/C7H12N2O/c1-6-5-7(10)3-4-9(6)8-2/h3,5,8,10H,4H2,1-2H3. The highest BCUT2D eigenvalue weighted by Crippen LogP contribution is 2.08. The topological polar surface area (TPSA) is 35.5 Å². The van der Waals surface area contributed by atoms with Gasteiger partial charge in [0.2, 0.25) is 0 Å². The quantitative estimate of drug-likeness (QED) is 0.565. The molecule has 0 aromatic heterocycles. The highest BCUT2D eigenvalue weighted by Gasteiger charge is 2.06. The van der Waals surface area contributed by atoms with Crippen molar-refractivity contribution < 1.29 is 5.11 Å². The van der Waals surface area contributed by atoms with Gasteiger partial charge in [0.1, 0.15) is 5.76 Å². The number of aliphatic hydroxyl groups is 1. The van der Waals surface area contributed by atoms with Gasteiger partial charge in [0.15, 0.2) is 0 Å². The van der Waals surface area contributed by atoms with Gasteiger partial charge < -0.3 is 10.1 Å². The van der Waals surface area contributed by atoms with Crippen molar-refractivity contribution in [1.29, 1.82) is 0 Å². The maximum atomic E-state index is 9.02. The van der Waals surface area contributed by atoms with Crippen LogP contribution >= 0.6 is 0 Å². The minimum atomic E-state index is 0.351. The van der Waals surface area contributed by atoms with E-state index in [2.05, 4.69) is 5.43 Å². The number of hydrogen-bond acceptors (Lipinski definition) is 3. The van der Waals surface area contributed by atoms with Gasteiger partial charge in [-0.1, -0.05) is 0 Å². The molecule has 0 spiro atoms. The second-order valence-corrected chi connectivity index (χ2v) is 2.25. The van der Waals surface area contributed by atoms with E-state index < -0.39 is 0 Å². The number of hydrazine groups is 1. The fraction of sp³-hybridized carbons (Fsp3) is 0.429. The predicted molar refractivity (Wildman–Crippen MR) is 40.2 cm³/mol. The highest BCUT2D eigenvalue weighted by molar-refractivity contribution is 5.20. The Morgan fingerprint density at radius 3 is 2.90 bits per heavy atom. The molecule has 0 saturated heterocycles. The third-order valence-electron chi connectivity index (χ3n) is 1.54. The third-order valence-corrected chi connectivity index (χ3v) is 1.54. The van der Waals surface area contributed by atoms with Crippen LogP contribution in [0.3, 0.4) is 0 Å². The monoisotopic (exact) mass is 140 g/mol. The molecule has 0 radical (unpaired) electrons. The van der Waals surface area contributed by atoms with E-state index in [1.807, 2.05) is 19.0 Å². The summed E-state index contributed by atoms with van der Waals surface area (Å²) in [4.78, 5) is 0. The van der Waals surface area contributed by atoms with Crippen molar-refractivity contribution in [2.24, 2.45) is 0 Å². The Kier molecular flexibility index (Phi) is 1.97. The number of nitrogens with zero attached hydrogens (tertiary/aromatic N) is 1. The van der Waals surface area contributed by atoms with Crippen molar-refractivity contribution >= 4 is 0 Å². The summed E-state index contributed by atoms with van der Waals surface area (Å²) < 4.78 is 0. The van der Waals surface area contributed by atoms with Gasteiger partial charge in [0.25, 0.3) is 0 Å². The first kappa shape index (κ1) is 7.15. The molecule has 1 aliphatic heterocycles. The Balaban J connectivity index is 2.68. The zero-order valence-corrected chi connectivity index (χ0v) is 6.26. The average Bonchev–Trinajstić information content (AvgIpc) is 1.88. The lowest BCUT2D eigenvalue weighted by Crippen LogP contribution is -2.35. The van der Waals surface area contributed by atoms with Gasteiger partial charge in [0, 0.05) is 12.7 Å². The Bertz CT molecular complexity index is 184. The van der Waals surface area contributed by atoms with E-state index in [0.717, 1.165) is 12.2 Å². The van der Waals surface area contributed by atoms with Crippen molar-refractivity contribution in [3.63, 3.8) is 0 Å². The van der Waals surface area contributed by atoms with E-state index in [1.54, 1.807) is 12.2 Å². The van der Waals surface area contributed by atoms with Crippen LogP contribution in [0.1, 0.15) is 6.92 Å². The van der Waals surface area contributed by atoms with Crippen LogP contribution in [0.5, 0.6) is 0 Å². The summed E-state index contributed by atoms with van der Waals surface area (Å²) in [5, 5.41) is 11.0. The average molecular weight is 140 g/mol. The molecule has 1 aliphatic rings. The molecule has 56 valence electrons. The van der Waals surface area contributed by atoms with Crippen molar-refractivity contribution in [3.8, 4) is 0 Å². The smallest absolute Gasteiger partial charge is 0.115 e. The van der Waals surface area contributed by atoms with Crippen LogP contribution in [0.15, 0.2) is 23.6 Å². The highest BCUT2D eigenvalue weighted by atomic mass is 16.3. The molecule has 2 N–H and O–H groups in total. The van der Waals surface area contributed by atoms with E-state index >= 15 is 0 Å². The van der Waals surface area contributed by atoms with Crippen LogP contribution < -0.4 is 5.43 Å². The Morgan fingerprint density at radius 2 is 2.40 bits per heavy atom. The normalized spacial score (nSPS) is 18.4. The van der Waals surface area contributed by atoms with E-state index in [-0.39, 0.29) is 0 Å². The van der Waals surface area contributed by atoms with Crippen molar-refractivity contribution in [3.05, 3.63) is 23.6 Å². The molecule has 0 aliphatic carbocycles. The van der Waals surface area contributed by atoms with E-state index in [0.29, 0.717) is 5.76 Å². The molecule has 1 rings (SSSR count). The SMILES string of the molecule is CNN1CC=C(O)C=C1C. The van der Waals surface area contributed by atoms with Crippen LogP contribution in [-0.4, -0.2) is 23.7 Å². The molecular formula is C7H12N2O. The molecule has 3 nitrogen and oxygen atoms in total. The molecule has 3 heteroatoms. The van der Waals surface area contributed by atoms with Gasteiger partial charge in [0.05, 0.1) is 6.54 Å². The van der Waals surface area contributed by atoms with Gasteiger partial charge in [-0.2, -0.15) is 0 Å². The van der Waals surface area contributed by atoms with Gasteiger partial charge in [-0.05, 0) is 19.1 Å². The lowest BCUT2D eigenvalue weighted by atomic mass is 10.3. The Labute approximate surface area is 60.6 Å². The predicted octanol–water partition coefficient (Wildman–Crippen LogP) is 0.782. The summed E-state index contributed by atoms with van der Waals surface area (Å²) in [5.74, 6) is 0.351. The number of hydrogen-bond donors (Lipinski definition) is 2. The first-order valence-electron chi connectivity index (χ1n) is 3.26. The molecule has 0 aromatic rings. The van der Waals surface area contributed by atoms with Crippen molar-refractivity contribution in [2.45, 2.75) is 6.92 Å². The van der Waals surface area contributed by atoms with Crippen LogP contribution in [0.2, 0.25) is 0 Å². The molecule has 0 amide bonds. The molecule has 10 heavy (non-hydrogen) atoms. The van der Waals surface area contributed by atoms with Crippen LogP contribution in [0.4, 0.5) is 0 Å². The minimum Gasteiger partial charge on any atom is -0.508 e. The van der Waals surface area contributed by atoms with Crippen molar-refractivity contribution in [1.82, 2.24) is 10.4 Å². The fourth-order valence-corrected chi connectivity index (χ4v) is 0.947. The first-order chi connectivity index (χ1) is 4.74. The maximum Gasteiger partial charge on any atom is 0.115 e. The lowest BCUT2D eigenvalue weighted by molar-refractivity contribution is 0.284. The number of allylic oxidation sites excluding steroid dienone is 2. The summed E-state index contributed by atoms with van der Waals surface area (Å²) >= 11 is 0. The molecule has 0 aromatic carbocycles. The molecule has 0 saturated carbocycles. The molecule has 0 atom stereocenters. The van der Waals surface area contributed by atoms with E-state index in [4.69, 9.17) is 5.11 Å². The van der Waals surface area contributed by atoms with Gasteiger partial charge in [-0.3, -0.25) is 0 Å². The van der Waals surface area contributed by atoms with Gasteiger partial charge in [-0.25, -0.2) is 5.43 Å². The van der Waals surface area contributed by atoms with Crippen molar-refractivity contribution in [2.75, 3.05) is 13.6 Å². The molecule has 0 unspecified atom stereocenters. The van der Waals surface area contributed by atoms with E-state index in [1.165, 1.54) is 0 Å². The maximum absolute atomic E-state index is 9.02. The number of aliphatic hydroxyl groups excluding tert-OH is 1. The molecule has 1 heterocycles. The number of nitrogens with one attached hydrogen (secondary N) is 1. The largest absolute Gasteiger partial charge is 0.508 e. The summed E-state index contributed by atoms with van der Waals surface area (Å²) in [7, 11) is 1.85. The lowest BCUT2D eigenvalue weighted by Gasteiger charge is -2.25. The summed E-state index contributed by atoms with van der Waals surface area (Å²) in [6.45, 7) is 2.67. The van der Waals surface area contributed by atoms with Gasteiger partial charge in [-0.15, -0.1) is 0 Å². The van der Waals surface area contributed by atoms with Crippen LogP contribution in [0, 0.1) is 0 Å². The molecule has 0 fully saturated rings. The summed E-state index contributed by atoms with van der Waals surface area (Å²) in [6.07, 6.45) is 3.48. The fourth-order valence-electron chi connectivity index (χ4n) is 0.947. The first-order valence-corrected chi connectivity index (χ1v) is 3.26. The zero-order chi connectivity index (χ0) is 7.56. The number of rotatable bonds is 1. The third kappa shape index (κ3) is 1.30. The summed E-state index contributed by atoms with van der Waals surface area (Å²) in [5.41, 5.74) is 4.01. The second-order valence-electron chi connectivity index (χ2n) is 2.25. The van der Waals surface area contributed by atoms with E-state index in [9.17, 15) is 0 Å². The van der Waals surface area contributed by atoms with Crippen LogP contribution in [-0.2, 0) is 0 Å². The molecular weight excluding hydrogens is 128 g/mol. The van der Waals surface area contributed by atoms with Gasteiger partial charge >= 0.3 is 0 Å². The minimum absolute atomic E-state index is 0.351. The summed E-state index contributed by atoms with van der Waals surface area (Å²) in [6, 6.07) is 0. The second kappa shape index (κ2) is 2.75. The zero-order valence-electron chi connectivity index (χ0n) is 6.26. The molecule has 0 bridgehead atoms. The Morgan fingerprint density at radius 1 is 1.70 bits per heavy atom. The Hall–Kier alpha value is -0.960. The van der Waals surface area contributed by atoms with Crippen LogP contribution in [0.25, 0.3) is 0 Å².